The van der Waals surface area contributed by atoms with Crippen molar-refractivity contribution in [3.8, 4) is 0 Å². The van der Waals surface area contributed by atoms with Crippen LogP contribution in [-0.4, -0.2) is 16.5 Å². The molecule has 3 nitrogen and oxygen atoms in total. The molecule has 17 heavy (non-hydrogen) atoms. The largest absolute Gasteiger partial charge is 0.326 e. The summed E-state index contributed by atoms with van der Waals surface area (Å²) in [6.45, 7) is 2.63. The molecule has 0 fully saturated rings. The van der Waals surface area contributed by atoms with Gasteiger partial charge in [0.1, 0.15) is 0 Å². The molecular weight excluding hydrogens is 270 g/mol. The predicted octanol–water partition coefficient (Wildman–Crippen LogP) is 3.18. The maximum atomic E-state index is 5.74. The van der Waals surface area contributed by atoms with Crippen LogP contribution in [0.5, 0.6) is 0 Å². The lowest BCUT2D eigenvalue weighted by Gasteiger charge is -2.06. The average Bonchev–Trinajstić information content (AvgIpc) is 2.77. The molecule has 0 radical (unpaired) electrons. The zero-order chi connectivity index (χ0) is 12.3. The van der Waals surface area contributed by atoms with Crippen molar-refractivity contribution in [2.45, 2.75) is 27.0 Å². The molecule has 1 aromatic carbocycles. The molecule has 0 bridgehead atoms. The maximum absolute atomic E-state index is 5.74. The Morgan fingerprint density at radius 2 is 2.06 bits per heavy atom. The van der Waals surface area contributed by atoms with Gasteiger partial charge in [0, 0.05) is 11.4 Å². The van der Waals surface area contributed by atoms with Crippen LogP contribution in [0.25, 0.3) is 0 Å². The topological polar surface area (TPSA) is 51.8 Å². The summed E-state index contributed by atoms with van der Waals surface area (Å²) in [5.74, 6) is 0. The van der Waals surface area contributed by atoms with Crippen LogP contribution in [0.4, 0.5) is 0 Å². The molecule has 2 rings (SSSR count). The SMILES string of the molecule is CSc1nnc(Sc2cc(C)ccc2CN)s1. The van der Waals surface area contributed by atoms with Crippen molar-refractivity contribution in [3.05, 3.63) is 29.3 Å². The van der Waals surface area contributed by atoms with Gasteiger partial charge in [-0.2, -0.15) is 0 Å². The number of hydrogen-bond donors (Lipinski definition) is 1. The quantitative estimate of drug-likeness (QED) is 0.873. The van der Waals surface area contributed by atoms with Gasteiger partial charge < -0.3 is 5.73 Å². The van der Waals surface area contributed by atoms with Gasteiger partial charge in [-0.25, -0.2) is 0 Å². The Labute approximate surface area is 113 Å². The summed E-state index contributed by atoms with van der Waals surface area (Å²) < 4.78 is 1.96. The number of aryl methyl sites for hydroxylation is 1. The molecule has 0 aliphatic rings. The molecule has 0 saturated heterocycles. The number of rotatable bonds is 4. The third kappa shape index (κ3) is 3.22. The van der Waals surface area contributed by atoms with Crippen LogP contribution >= 0.6 is 34.9 Å². The lowest BCUT2D eigenvalue weighted by Crippen LogP contribution is -1.98. The van der Waals surface area contributed by atoms with Crippen molar-refractivity contribution < 1.29 is 0 Å². The predicted molar refractivity (Wildman–Crippen MR) is 74.9 cm³/mol. The molecule has 1 aromatic heterocycles. The Morgan fingerprint density at radius 1 is 1.29 bits per heavy atom. The van der Waals surface area contributed by atoms with Crippen molar-refractivity contribution in [3.63, 3.8) is 0 Å². The fourth-order valence-electron chi connectivity index (χ4n) is 1.34. The number of hydrogen-bond acceptors (Lipinski definition) is 6. The maximum Gasteiger partial charge on any atom is 0.179 e. The van der Waals surface area contributed by atoms with Crippen molar-refractivity contribution >= 4 is 34.9 Å². The molecule has 2 aromatic rings. The number of aromatic nitrogens is 2. The fraction of sp³-hybridized carbons (Fsp3) is 0.273. The summed E-state index contributed by atoms with van der Waals surface area (Å²) in [6.07, 6.45) is 2.01. The highest BCUT2D eigenvalue weighted by molar-refractivity contribution is 8.03. The molecule has 0 spiro atoms. The van der Waals surface area contributed by atoms with Gasteiger partial charge in [0.25, 0.3) is 0 Å². The molecule has 1 heterocycles. The first-order valence-corrected chi connectivity index (χ1v) is 7.93. The van der Waals surface area contributed by atoms with E-state index in [2.05, 4.69) is 35.3 Å². The molecule has 0 unspecified atom stereocenters. The van der Waals surface area contributed by atoms with E-state index in [0.717, 1.165) is 14.2 Å². The van der Waals surface area contributed by atoms with Gasteiger partial charge in [-0.15, -0.1) is 10.2 Å². The number of thioether (sulfide) groups is 1. The molecule has 0 aliphatic carbocycles. The summed E-state index contributed by atoms with van der Waals surface area (Å²) in [5, 5.41) is 8.25. The van der Waals surface area contributed by atoms with Gasteiger partial charge in [-0.05, 0) is 30.4 Å². The average molecular weight is 283 g/mol. The highest BCUT2D eigenvalue weighted by Gasteiger charge is 2.08. The van der Waals surface area contributed by atoms with E-state index in [-0.39, 0.29) is 0 Å². The smallest absolute Gasteiger partial charge is 0.179 e. The molecule has 0 aliphatic heterocycles. The van der Waals surface area contributed by atoms with Crippen LogP contribution in [0.3, 0.4) is 0 Å². The standard InChI is InChI=1S/C11H13N3S3/c1-7-3-4-8(6-12)9(5-7)16-11-14-13-10(15-2)17-11/h3-5H,6,12H2,1-2H3. The Morgan fingerprint density at radius 3 is 2.71 bits per heavy atom. The van der Waals surface area contributed by atoms with Crippen LogP contribution in [0.2, 0.25) is 0 Å². The first-order valence-electron chi connectivity index (χ1n) is 5.08. The van der Waals surface area contributed by atoms with Crippen LogP contribution in [0.15, 0.2) is 31.8 Å². The van der Waals surface area contributed by atoms with Crippen molar-refractivity contribution in [1.82, 2.24) is 10.2 Å². The Hall–Kier alpha value is -0.560. The van der Waals surface area contributed by atoms with E-state index in [1.54, 1.807) is 34.9 Å². The van der Waals surface area contributed by atoms with Crippen LogP contribution in [-0.2, 0) is 6.54 Å². The third-order valence-corrected chi connectivity index (χ3v) is 5.25. The third-order valence-electron chi connectivity index (χ3n) is 2.20. The van der Waals surface area contributed by atoms with Gasteiger partial charge in [0.2, 0.25) is 0 Å². The van der Waals surface area contributed by atoms with Gasteiger partial charge in [-0.1, -0.05) is 47.0 Å². The minimum atomic E-state index is 0.552. The molecule has 0 saturated carbocycles. The van der Waals surface area contributed by atoms with E-state index >= 15 is 0 Å². The normalized spacial score (nSPS) is 10.8. The molecule has 0 amide bonds. The minimum Gasteiger partial charge on any atom is -0.326 e. The second-order valence-electron chi connectivity index (χ2n) is 3.46. The van der Waals surface area contributed by atoms with Crippen molar-refractivity contribution in [2.75, 3.05) is 6.26 Å². The van der Waals surface area contributed by atoms with Crippen molar-refractivity contribution in [2.24, 2.45) is 5.73 Å². The number of nitrogens with two attached hydrogens (primary N) is 1. The fourth-order valence-corrected chi connectivity index (χ4v) is 3.97. The first kappa shape index (κ1) is 12.9. The summed E-state index contributed by atoms with van der Waals surface area (Å²) in [4.78, 5) is 1.18. The Kier molecular flexibility index (Phi) is 4.44. The van der Waals surface area contributed by atoms with Crippen LogP contribution in [0, 0.1) is 6.92 Å². The number of benzene rings is 1. The highest BCUT2D eigenvalue weighted by Crippen LogP contribution is 2.34. The second kappa shape index (κ2) is 5.86. The van der Waals surface area contributed by atoms with E-state index in [1.807, 2.05) is 6.26 Å². The van der Waals surface area contributed by atoms with Crippen LogP contribution < -0.4 is 5.73 Å². The van der Waals surface area contributed by atoms with Gasteiger partial charge in [-0.3, -0.25) is 0 Å². The van der Waals surface area contributed by atoms with E-state index < -0.39 is 0 Å². The zero-order valence-corrected chi connectivity index (χ0v) is 12.1. The monoisotopic (exact) mass is 283 g/mol. The highest BCUT2D eigenvalue weighted by atomic mass is 32.2. The van der Waals surface area contributed by atoms with E-state index in [4.69, 9.17) is 5.73 Å². The summed E-state index contributed by atoms with van der Waals surface area (Å²) >= 11 is 4.88. The molecule has 90 valence electrons. The molecule has 0 atom stereocenters. The first-order chi connectivity index (χ1) is 8.22. The zero-order valence-electron chi connectivity index (χ0n) is 9.64. The van der Waals surface area contributed by atoms with Gasteiger partial charge >= 0.3 is 0 Å². The minimum absolute atomic E-state index is 0.552. The Balaban J connectivity index is 2.25. The summed E-state index contributed by atoms with van der Waals surface area (Å²) in [7, 11) is 0. The lowest BCUT2D eigenvalue weighted by atomic mass is 10.1. The molecule has 2 N–H and O–H groups in total. The second-order valence-corrected chi connectivity index (χ2v) is 6.78. The molecule has 6 heteroatoms. The summed E-state index contributed by atoms with van der Waals surface area (Å²) in [5.41, 5.74) is 8.13. The molecular formula is C11H13N3S3. The van der Waals surface area contributed by atoms with Crippen molar-refractivity contribution in [1.29, 1.82) is 0 Å². The van der Waals surface area contributed by atoms with E-state index in [1.165, 1.54) is 10.5 Å². The summed E-state index contributed by atoms with van der Waals surface area (Å²) in [6, 6.07) is 6.31. The van der Waals surface area contributed by atoms with Gasteiger partial charge in [0.05, 0.1) is 0 Å². The number of nitrogens with zero attached hydrogens (tertiary/aromatic N) is 2. The van der Waals surface area contributed by atoms with Gasteiger partial charge in [0.15, 0.2) is 8.68 Å². The lowest BCUT2D eigenvalue weighted by molar-refractivity contribution is 0.953. The van der Waals surface area contributed by atoms with Crippen LogP contribution in [0.1, 0.15) is 11.1 Å². The van der Waals surface area contributed by atoms with E-state index in [9.17, 15) is 0 Å². The van der Waals surface area contributed by atoms with E-state index in [0.29, 0.717) is 6.54 Å². The Bertz CT molecular complexity index is 510.